The summed E-state index contributed by atoms with van der Waals surface area (Å²) < 4.78 is 122. The van der Waals surface area contributed by atoms with Gasteiger partial charge in [-0.2, -0.15) is 30.0 Å². The number of nitriles is 2. The van der Waals surface area contributed by atoms with Gasteiger partial charge in [0.25, 0.3) is 5.91 Å². The molecular weight excluding hydrogens is 754 g/mol. The summed E-state index contributed by atoms with van der Waals surface area (Å²) in [6.07, 6.45) is -4.99. The lowest BCUT2D eigenvalue weighted by atomic mass is 10.0. The molecule has 46 heavy (non-hydrogen) atoms. The number of alkyl halides is 3. The Kier molecular flexibility index (Phi) is 13.2. The minimum Gasteiger partial charge on any atom is -0.486 e. The van der Waals surface area contributed by atoms with Gasteiger partial charge in [0.05, 0.1) is 114 Å². The number of hydrogen-bond acceptors (Lipinski definition) is 11. The van der Waals surface area contributed by atoms with E-state index in [0.29, 0.717) is 0 Å². The molecule has 0 fully saturated rings. The predicted octanol–water partition coefficient (Wildman–Crippen LogP) is 10.9. The van der Waals surface area contributed by atoms with Crippen LogP contribution >= 0.6 is 72.3 Å². The first kappa shape index (κ1) is 37.4. The van der Waals surface area contributed by atoms with E-state index in [-0.39, 0.29) is 27.8 Å². The zero-order chi connectivity index (χ0) is 34.2. The molecule has 0 saturated heterocycles. The fraction of sp³-hybridized carbons (Fsp3) is 0.160. The smallest absolute Gasteiger partial charge is 0.486 e. The average Bonchev–Trinajstić information content (AvgIpc) is 3.02. The fourth-order valence-electron chi connectivity index (χ4n) is 3.49. The molecule has 7 nitrogen and oxygen atoms in total. The predicted molar refractivity (Wildman–Crippen MR) is 158 cm³/mol. The Labute approximate surface area is 282 Å². The molecule has 244 valence electrons. The van der Waals surface area contributed by atoms with Gasteiger partial charge in [0, 0.05) is 12.1 Å². The molecule has 0 heterocycles. The van der Waals surface area contributed by atoms with Crippen molar-refractivity contribution < 1.29 is 51.6 Å². The summed E-state index contributed by atoms with van der Waals surface area (Å²) >= 11 is 2.42. The highest BCUT2D eigenvalue weighted by molar-refractivity contribution is 8.00. The summed E-state index contributed by atoms with van der Waals surface area (Å²) in [5.41, 5.74) is -2.94. The molecular formula is C25H12ClF8N3O4S5. The van der Waals surface area contributed by atoms with Crippen LogP contribution in [-0.2, 0) is 0 Å². The van der Waals surface area contributed by atoms with Crippen LogP contribution in [0, 0.1) is 22.7 Å². The number of rotatable bonds is 13. The van der Waals surface area contributed by atoms with Crippen LogP contribution in [0.25, 0.3) is 0 Å². The lowest BCUT2D eigenvalue weighted by Gasteiger charge is -2.25. The maximum absolute atomic E-state index is 14.0. The van der Waals surface area contributed by atoms with Gasteiger partial charge in [-0.25, -0.2) is 0 Å². The number of carbonyl (C=O) groups is 1. The second-order valence-corrected chi connectivity index (χ2v) is 11.8. The largest absolute Gasteiger partial charge is 0.573 e. The standard InChI is InChI=1S/C25H12ClF8N3O4S5/c1-24(9-36,37-23(38)17-18(42-30)20(44-32)22(46-34)21(45-33)19(17)43-31)10-39-16-6-11(8-35)2-4-15(16)40-14-5-3-12(7-13(14)26)41-25(27,28)29/h2-7H,10H2,1H3,(H,37,38)/t24-/m1/s1. The number of benzene rings is 3. The molecule has 0 aliphatic carbocycles. The topological polar surface area (TPSA) is 104 Å². The van der Waals surface area contributed by atoms with Crippen molar-refractivity contribution in [3.63, 3.8) is 0 Å². The number of carbonyl (C=O) groups excluding carboxylic acids is 1. The van der Waals surface area contributed by atoms with E-state index >= 15 is 0 Å². The van der Waals surface area contributed by atoms with Gasteiger partial charge in [0.15, 0.2) is 17.0 Å². The zero-order valence-electron chi connectivity index (χ0n) is 22.1. The molecule has 3 aromatic rings. The van der Waals surface area contributed by atoms with Crippen LogP contribution in [0.15, 0.2) is 60.9 Å². The van der Waals surface area contributed by atoms with Crippen molar-refractivity contribution in [1.82, 2.24) is 5.32 Å². The van der Waals surface area contributed by atoms with Crippen molar-refractivity contribution in [3.05, 3.63) is 52.5 Å². The Balaban J connectivity index is 1.94. The van der Waals surface area contributed by atoms with Gasteiger partial charge in [-0.05, 0) is 31.2 Å². The number of hydrogen-bond donors (Lipinski definition) is 1. The van der Waals surface area contributed by atoms with E-state index in [4.69, 9.17) is 21.1 Å². The number of halogens is 9. The van der Waals surface area contributed by atoms with Crippen molar-refractivity contribution in [1.29, 1.82) is 10.5 Å². The molecule has 0 spiro atoms. The van der Waals surface area contributed by atoms with Crippen molar-refractivity contribution in [3.8, 4) is 35.1 Å². The van der Waals surface area contributed by atoms with Crippen molar-refractivity contribution >= 4 is 78.2 Å². The highest BCUT2D eigenvalue weighted by atomic mass is 35.5. The summed E-state index contributed by atoms with van der Waals surface area (Å²) in [5.74, 6) is -2.58. The molecule has 1 atom stereocenters. The molecule has 3 aromatic carbocycles. The molecule has 0 aliphatic heterocycles. The van der Waals surface area contributed by atoms with Gasteiger partial charge < -0.3 is 19.5 Å². The van der Waals surface area contributed by atoms with Gasteiger partial charge in [-0.3, -0.25) is 4.79 Å². The first-order valence-corrected chi connectivity index (χ1v) is 15.6. The van der Waals surface area contributed by atoms with Crippen LogP contribution in [0.3, 0.4) is 0 Å². The SMILES string of the molecule is C[C@@](C#N)(COc1cc(C#N)ccc1Oc1ccc(OC(F)(F)F)cc1Cl)NC(=O)c1c(SF)c(SF)c(SF)c(SF)c1SF. The Morgan fingerprint density at radius 2 is 1.39 bits per heavy atom. The van der Waals surface area contributed by atoms with Crippen molar-refractivity contribution in [2.45, 2.75) is 43.3 Å². The Hall–Kier alpha value is -3.01. The van der Waals surface area contributed by atoms with Gasteiger partial charge in [0.1, 0.15) is 18.1 Å². The minimum atomic E-state index is -4.99. The lowest BCUT2D eigenvalue weighted by molar-refractivity contribution is -0.274. The summed E-state index contributed by atoms with van der Waals surface area (Å²) in [6, 6.07) is 10.0. The maximum Gasteiger partial charge on any atom is 0.573 e. The highest BCUT2D eigenvalue weighted by Crippen LogP contribution is 2.52. The third kappa shape index (κ3) is 8.87. The third-order valence-electron chi connectivity index (χ3n) is 5.47. The number of ether oxygens (including phenoxy) is 3. The fourth-order valence-corrected chi connectivity index (χ4v) is 6.63. The van der Waals surface area contributed by atoms with Crippen LogP contribution in [0.4, 0.5) is 32.6 Å². The van der Waals surface area contributed by atoms with Gasteiger partial charge in [-0.1, -0.05) is 11.6 Å². The second kappa shape index (κ2) is 16.2. The van der Waals surface area contributed by atoms with Crippen LogP contribution in [0.1, 0.15) is 22.8 Å². The average molecular weight is 766 g/mol. The van der Waals surface area contributed by atoms with Gasteiger partial charge in [-0.15, -0.1) is 13.2 Å². The maximum atomic E-state index is 14.0. The Bertz CT molecular complexity index is 1680. The summed E-state index contributed by atoms with van der Waals surface area (Å²) in [4.78, 5) is 9.02. The second-order valence-electron chi connectivity index (χ2n) is 8.61. The van der Waals surface area contributed by atoms with Crippen LogP contribution < -0.4 is 19.5 Å². The summed E-state index contributed by atoms with van der Waals surface area (Å²) in [5, 5.41) is 21.0. The van der Waals surface area contributed by atoms with E-state index < -0.39 is 121 Å². The van der Waals surface area contributed by atoms with E-state index in [9.17, 15) is 47.9 Å². The van der Waals surface area contributed by atoms with E-state index in [1.165, 1.54) is 12.1 Å². The van der Waals surface area contributed by atoms with E-state index in [1.807, 2.05) is 6.07 Å². The first-order valence-electron chi connectivity index (χ1n) is 11.6. The van der Waals surface area contributed by atoms with Crippen molar-refractivity contribution in [2.24, 2.45) is 0 Å². The Morgan fingerprint density at radius 1 is 0.848 bits per heavy atom. The van der Waals surface area contributed by atoms with Gasteiger partial charge >= 0.3 is 6.36 Å². The Morgan fingerprint density at radius 3 is 1.87 bits per heavy atom. The molecule has 0 unspecified atom stereocenters. The lowest BCUT2D eigenvalue weighted by Crippen LogP contribution is -2.49. The molecule has 0 aliphatic rings. The first-order chi connectivity index (χ1) is 21.8. The van der Waals surface area contributed by atoms with E-state index in [0.717, 1.165) is 31.2 Å². The number of amides is 1. The van der Waals surface area contributed by atoms with E-state index in [1.54, 1.807) is 6.07 Å². The molecule has 1 N–H and O–H groups in total. The highest BCUT2D eigenvalue weighted by Gasteiger charge is 2.36. The molecule has 1 amide bonds. The minimum absolute atomic E-state index is 0.0256. The normalized spacial score (nSPS) is 12.4. The molecule has 0 bridgehead atoms. The van der Waals surface area contributed by atoms with Crippen LogP contribution in [-0.4, -0.2) is 24.4 Å². The number of nitrogens with one attached hydrogen (secondary N) is 1. The monoisotopic (exact) mass is 765 g/mol. The summed E-state index contributed by atoms with van der Waals surface area (Å²) in [6.45, 7) is 0.373. The van der Waals surface area contributed by atoms with Crippen LogP contribution in [0.2, 0.25) is 5.02 Å². The quantitative estimate of drug-likeness (QED) is 0.168. The molecule has 0 radical (unpaired) electrons. The molecule has 21 heteroatoms. The van der Waals surface area contributed by atoms with Crippen molar-refractivity contribution in [2.75, 3.05) is 6.61 Å². The number of nitrogens with zero attached hydrogens (tertiary/aromatic N) is 2. The van der Waals surface area contributed by atoms with E-state index in [2.05, 4.69) is 10.1 Å². The van der Waals surface area contributed by atoms with Crippen LogP contribution in [0.5, 0.6) is 23.0 Å². The molecule has 0 saturated carbocycles. The van der Waals surface area contributed by atoms with Gasteiger partial charge in [0.2, 0.25) is 0 Å². The zero-order valence-corrected chi connectivity index (χ0v) is 27.0. The summed E-state index contributed by atoms with van der Waals surface area (Å²) in [7, 11) is 0. The molecule has 3 rings (SSSR count). The third-order valence-corrected chi connectivity index (χ3v) is 9.10. The molecule has 0 aromatic heterocycles.